The van der Waals surface area contributed by atoms with Crippen LogP contribution in [0.1, 0.15) is 27.7 Å². The molecule has 3 nitrogen and oxygen atoms in total. The SMILES string of the molecule is CC(C)CN(CC(C)C)N(C)Sc1ccc(O)cc1. The highest BCUT2D eigenvalue weighted by atomic mass is 32.2. The van der Waals surface area contributed by atoms with Crippen LogP contribution < -0.4 is 0 Å². The lowest BCUT2D eigenvalue weighted by molar-refractivity contribution is 0.0666. The fourth-order valence-corrected chi connectivity index (χ4v) is 2.68. The summed E-state index contributed by atoms with van der Waals surface area (Å²) in [5.74, 6) is 1.59. The van der Waals surface area contributed by atoms with Gasteiger partial charge in [0.2, 0.25) is 0 Å². The molecule has 0 aliphatic carbocycles. The summed E-state index contributed by atoms with van der Waals surface area (Å²) in [6.45, 7) is 11.1. The molecule has 0 radical (unpaired) electrons. The van der Waals surface area contributed by atoms with E-state index in [1.54, 1.807) is 24.1 Å². The average molecular weight is 282 g/mol. The number of hydrogen-bond acceptors (Lipinski definition) is 4. The third-order valence-electron chi connectivity index (χ3n) is 2.62. The summed E-state index contributed by atoms with van der Waals surface area (Å²) in [7, 11) is 2.10. The maximum atomic E-state index is 9.30. The van der Waals surface area contributed by atoms with Gasteiger partial charge in [0.25, 0.3) is 0 Å². The van der Waals surface area contributed by atoms with Crippen molar-refractivity contribution in [1.29, 1.82) is 0 Å². The Morgan fingerprint density at radius 2 is 1.47 bits per heavy atom. The van der Waals surface area contributed by atoms with Crippen LogP contribution >= 0.6 is 11.9 Å². The van der Waals surface area contributed by atoms with Crippen LogP contribution in [0.3, 0.4) is 0 Å². The molecule has 0 aromatic heterocycles. The van der Waals surface area contributed by atoms with E-state index in [1.165, 1.54) is 0 Å². The van der Waals surface area contributed by atoms with Crippen molar-refractivity contribution in [1.82, 2.24) is 9.42 Å². The smallest absolute Gasteiger partial charge is 0.115 e. The minimum Gasteiger partial charge on any atom is -0.508 e. The van der Waals surface area contributed by atoms with Crippen molar-refractivity contribution in [3.05, 3.63) is 24.3 Å². The molecule has 0 unspecified atom stereocenters. The molecule has 0 saturated carbocycles. The summed E-state index contributed by atoms with van der Waals surface area (Å²) < 4.78 is 2.20. The number of phenols is 1. The molecule has 0 atom stereocenters. The molecule has 19 heavy (non-hydrogen) atoms. The van der Waals surface area contributed by atoms with E-state index >= 15 is 0 Å². The topological polar surface area (TPSA) is 26.7 Å². The third kappa shape index (κ3) is 6.32. The normalized spacial score (nSPS) is 12.1. The maximum absolute atomic E-state index is 9.30. The maximum Gasteiger partial charge on any atom is 0.115 e. The largest absolute Gasteiger partial charge is 0.508 e. The van der Waals surface area contributed by atoms with Crippen molar-refractivity contribution in [2.24, 2.45) is 11.8 Å². The number of benzene rings is 1. The van der Waals surface area contributed by atoms with Gasteiger partial charge in [-0.3, -0.25) is 0 Å². The van der Waals surface area contributed by atoms with Crippen LogP contribution in [0.4, 0.5) is 0 Å². The standard InChI is InChI=1S/C15H26N2OS/c1-12(2)10-17(11-13(3)4)16(5)19-15-8-6-14(18)7-9-15/h6-9,12-13,18H,10-11H2,1-5H3. The minimum atomic E-state index is 0.313. The molecule has 0 amide bonds. The molecule has 0 saturated heterocycles. The number of hydrazine groups is 1. The highest BCUT2D eigenvalue weighted by Crippen LogP contribution is 2.25. The van der Waals surface area contributed by atoms with Crippen molar-refractivity contribution in [3.8, 4) is 5.75 Å². The zero-order chi connectivity index (χ0) is 14.4. The van der Waals surface area contributed by atoms with Crippen LogP contribution in [0.25, 0.3) is 0 Å². The van der Waals surface area contributed by atoms with Crippen molar-refractivity contribution >= 4 is 11.9 Å². The first kappa shape index (κ1) is 16.3. The molecule has 1 N–H and O–H groups in total. The Bertz CT molecular complexity index is 355. The monoisotopic (exact) mass is 282 g/mol. The van der Waals surface area contributed by atoms with E-state index in [0.717, 1.165) is 18.0 Å². The molecule has 0 aliphatic heterocycles. The lowest BCUT2D eigenvalue weighted by Gasteiger charge is -2.33. The van der Waals surface area contributed by atoms with Gasteiger partial charge in [0, 0.05) is 25.0 Å². The van der Waals surface area contributed by atoms with E-state index in [-0.39, 0.29) is 0 Å². The van der Waals surface area contributed by atoms with Crippen molar-refractivity contribution in [2.75, 3.05) is 20.1 Å². The van der Waals surface area contributed by atoms with Crippen molar-refractivity contribution in [2.45, 2.75) is 32.6 Å². The number of phenolic OH excluding ortho intramolecular Hbond substituents is 1. The summed E-state index contributed by atoms with van der Waals surface area (Å²) in [4.78, 5) is 1.14. The van der Waals surface area contributed by atoms with E-state index in [0.29, 0.717) is 17.6 Å². The summed E-state index contributed by atoms with van der Waals surface area (Å²) in [5.41, 5.74) is 0. The highest BCUT2D eigenvalue weighted by molar-refractivity contribution is 7.97. The summed E-state index contributed by atoms with van der Waals surface area (Å²) in [6, 6.07) is 7.34. The van der Waals surface area contributed by atoms with Crippen molar-refractivity contribution < 1.29 is 5.11 Å². The molecule has 0 aliphatic rings. The van der Waals surface area contributed by atoms with Crippen LogP contribution in [0.15, 0.2) is 29.2 Å². The van der Waals surface area contributed by atoms with Gasteiger partial charge in [-0.05, 0) is 48.0 Å². The summed E-state index contributed by atoms with van der Waals surface area (Å²) >= 11 is 1.69. The second kappa shape index (κ2) is 7.78. The Balaban J connectivity index is 2.64. The molecule has 108 valence electrons. The summed E-state index contributed by atoms with van der Waals surface area (Å²) in [5, 5.41) is 11.7. The van der Waals surface area contributed by atoms with E-state index in [9.17, 15) is 5.11 Å². The number of rotatable bonds is 7. The van der Waals surface area contributed by atoms with Gasteiger partial charge in [0.1, 0.15) is 5.75 Å². The number of aromatic hydroxyl groups is 1. The molecule has 0 spiro atoms. The zero-order valence-corrected chi connectivity index (χ0v) is 13.4. The first-order valence-corrected chi connectivity index (χ1v) is 7.61. The Hall–Kier alpha value is -0.710. The molecule has 0 bridgehead atoms. The zero-order valence-electron chi connectivity index (χ0n) is 12.6. The van der Waals surface area contributed by atoms with Gasteiger partial charge in [0.15, 0.2) is 0 Å². The van der Waals surface area contributed by atoms with Gasteiger partial charge in [-0.25, -0.2) is 5.01 Å². The first-order valence-electron chi connectivity index (χ1n) is 6.84. The highest BCUT2D eigenvalue weighted by Gasteiger charge is 2.15. The van der Waals surface area contributed by atoms with Crippen molar-refractivity contribution in [3.63, 3.8) is 0 Å². The van der Waals surface area contributed by atoms with Crippen LogP contribution in [0.5, 0.6) is 5.75 Å². The molecular weight excluding hydrogens is 256 g/mol. The van der Waals surface area contributed by atoms with E-state index < -0.39 is 0 Å². The van der Waals surface area contributed by atoms with Crippen LogP contribution in [0.2, 0.25) is 0 Å². The van der Waals surface area contributed by atoms with Crippen LogP contribution in [-0.4, -0.2) is 34.7 Å². The second-order valence-corrected chi connectivity index (χ2v) is 6.89. The van der Waals surface area contributed by atoms with Gasteiger partial charge >= 0.3 is 0 Å². The van der Waals surface area contributed by atoms with Gasteiger partial charge in [-0.1, -0.05) is 27.7 Å². The molecule has 1 aromatic rings. The first-order chi connectivity index (χ1) is 8.88. The Labute approximate surface area is 121 Å². The van der Waals surface area contributed by atoms with Gasteiger partial charge in [-0.15, -0.1) is 0 Å². The van der Waals surface area contributed by atoms with Gasteiger partial charge in [-0.2, -0.15) is 4.41 Å². The Morgan fingerprint density at radius 3 is 1.89 bits per heavy atom. The lowest BCUT2D eigenvalue weighted by atomic mass is 10.2. The minimum absolute atomic E-state index is 0.313. The van der Waals surface area contributed by atoms with Gasteiger partial charge < -0.3 is 5.11 Å². The fraction of sp³-hybridized carbons (Fsp3) is 0.600. The quantitative estimate of drug-likeness (QED) is 0.607. The molecular formula is C15H26N2OS. The third-order valence-corrected chi connectivity index (χ3v) is 3.60. The Kier molecular flexibility index (Phi) is 6.69. The molecule has 0 heterocycles. The molecule has 1 rings (SSSR count). The predicted molar refractivity (Wildman–Crippen MR) is 83.0 cm³/mol. The lowest BCUT2D eigenvalue weighted by Crippen LogP contribution is -2.40. The van der Waals surface area contributed by atoms with Gasteiger partial charge in [0.05, 0.1) is 0 Å². The van der Waals surface area contributed by atoms with Crippen LogP contribution in [-0.2, 0) is 0 Å². The average Bonchev–Trinajstić information content (AvgIpc) is 2.30. The number of hydrogen-bond donors (Lipinski definition) is 1. The molecule has 0 fully saturated rings. The molecule has 1 aromatic carbocycles. The fourth-order valence-electron chi connectivity index (χ4n) is 1.86. The van der Waals surface area contributed by atoms with E-state index in [1.807, 2.05) is 12.1 Å². The van der Waals surface area contributed by atoms with E-state index in [4.69, 9.17) is 0 Å². The second-order valence-electron chi connectivity index (χ2n) is 5.71. The summed E-state index contributed by atoms with van der Waals surface area (Å²) in [6.07, 6.45) is 0. The Morgan fingerprint density at radius 1 is 1.00 bits per heavy atom. The van der Waals surface area contributed by atoms with Crippen LogP contribution in [0, 0.1) is 11.8 Å². The molecule has 4 heteroatoms. The predicted octanol–water partition coefficient (Wildman–Crippen LogP) is 3.86. The number of nitrogens with zero attached hydrogens (tertiary/aromatic N) is 2. The van der Waals surface area contributed by atoms with E-state index in [2.05, 4.69) is 44.2 Å².